The second kappa shape index (κ2) is 18.5. The molecule has 1 unspecified atom stereocenters. The zero-order valence-electron chi connectivity index (χ0n) is 31.3. The van der Waals surface area contributed by atoms with Crippen LogP contribution in [0.25, 0.3) is 22.5 Å². The minimum atomic E-state index is -1.48. The van der Waals surface area contributed by atoms with E-state index in [0.29, 0.717) is 29.3 Å². The minimum absolute atomic E-state index is 0.0308. The predicted octanol–water partition coefficient (Wildman–Crippen LogP) is 5.26. The van der Waals surface area contributed by atoms with Crippen molar-refractivity contribution in [3.8, 4) is 22.5 Å². The first-order chi connectivity index (χ1) is 26.7. The van der Waals surface area contributed by atoms with Crippen LogP contribution in [-0.4, -0.2) is 76.8 Å². The number of carbonyl (C=O) groups excluding carboxylic acids is 2. The number of aryl methyl sites for hydroxylation is 2. The molecule has 0 saturated carbocycles. The number of thioether (sulfide) groups is 1. The van der Waals surface area contributed by atoms with Gasteiger partial charge in [0.2, 0.25) is 12.1 Å². The first-order valence-corrected chi connectivity index (χ1v) is 18.7. The molecular weight excluding hydrogens is 755 g/mol. The maximum atomic E-state index is 13.6. The van der Waals surface area contributed by atoms with Gasteiger partial charge in [0.05, 0.1) is 0 Å². The normalized spacial score (nSPS) is 12.0. The number of rotatable bonds is 19. The molecule has 0 spiro atoms. The number of tetrazole rings is 1. The Bertz CT molecular complexity index is 2190. The Balaban J connectivity index is 1.29. The highest BCUT2D eigenvalue weighted by atomic mass is 32.2. The van der Waals surface area contributed by atoms with Crippen molar-refractivity contribution in [2.24, 2.45) is 0 Å². The van der Waals surface area contributed by atoms with Gasteiger partial charge in [0.25, 0.3) is 5.09 Å². The molecule has 5 aromatic rings. The van der Waals surface area contributed by atoms with E-state index in [-0.39, 0.29) is 55.1 Å². The molecule has 2 aromatic carbocycles. The molecule has 19 nitrogen and oxygen atoms in total. The molecule has 3 aromatic heterocycles. The fraction of sp³-hybridized carbons (Fsp3) is 0.417. The predicted molar refractivity (Wildman–Crippen MR) is 198 cm³/mol. The zero-order valence-corrected chi connectivity index (χ0v) is 32.1. The summed E-state index contributed by atoms with van der Waals surface area (Å²) in [5.74, 6) is 0.255. The number of ether oxygens (including phenoxy) is 3. The number of hydrogen-bond acceptors (Lipinski definition) is 17. The number of aliphatic hydroxyl groups is 1. The van der Waals surface area contributed by atoms with Crippen molar-refractivity contribution in [2.45, 2.75) is 72.4 Å². The molecule has 0 bridgehead atoms. The van der Waals surface area contributed by atoms with E-state index in [1.165, 1.54) is 18.7 Å². The first-order valence-electron chi connectivity index (χ1n) is 17.5. The largest absolute Gasteiger partial charge is 0.519 e. The highest BCUT2D eigenvalue weighted by molar-refractivity contribution is 7.99. The number of esters is 1. The second-order valence-corrected chi connectivity index (χ2v) is 14.0. The summed E-state index contributed by atoms with van der Waals surface area (Å²) in [6, 6.07) is 15.1. The molecule has 1 atom stereocenters. The van der Waals surface area contributed by atoms with Crippen LogP contribution in [0.1, 0.15) is 79.4 Å². The van der Waals surface area contributed by atoms with Gasteiger partial charge in [-0.15, -0.1) is 25.1 Å². The molecule has 56 heavy (non-hydrogen) atoms. The number of imidazole rings is 1. The third-order valence-corrected chi connectivity index (χ3v) is 9.04. The highest BCUT2D eigenvalue weighted by Crippen LogP contribution is 2.31. The van der Waals surface area contributed by atoms with Crippen LogP contribution >= 0.6 is 11.8 Å². The zero-order chi connectivity index (χ0) is 40.4. The number of aromatic nitrogens is 6. The fourth-order valence-electron chi connectivity index (χ4n) is 5.49. The van der Waals surface area contributed by atoms with Gasteiger partial charge in [-0.1, -0.05) is 55.5 Å². The molecular formula is C36H41N7O12S. The van der Waals surface area contributed by atoms with Crippen molar-refractivity contribution in [2.75, 3.05) is 24.7 Å². The van der Waals surface area contributed by atoms with Crippen LogP contribution < -0.4 is 5.82 Å². The Labute approximate surface area is 324 Å². The smallest absolute Gasteiger partial charge is 0.453 e. The van der Waals surface area contributed by atoms with Crippen LogP contribution in [0.15, 0.2) is 62.2 Å². The molecule has 0 aliphatic rings. The van der Waals surface area contributed by atoms with Crippen LogP contribution in [0.5, 0.6) is 0 Å². The Morgan fingerprint density at radius 1 is 1.05 bits per heavy atom. The summed E-state index contributed by atoms with van der Waals surface area (Å²) in [5, 5.41) is 33.1. The topological polar surface area (TPSA) is 239 Å². The Morgan fingerprint density at radius 3 is 2.43 bits per heavy atom. The van der Waals surface area contributed by atoms with Crippen LogP contribution in [0.4, 0.5) is 4.79 Å². The maximum absolute atomic E-state index is 13.6. The van der Waals surface area contributed by atoms with Crippen molar-refractivity contribution >= 4 is 23.9 Å². The molecule has 298 valence electrons. The second-order valence-electron chi connectivity index (χ2n) is 12.8. The van der Waals surface area contributed by atoms with E-state index in [4.69, 9.17) is 23.0 Å². The van der Waals surface area contributed by atoms with Crippen LogP contribution in [0.3, 0.4) is 0 Å². The Hall–Kier alpha value is -6.02. The molecule has 0 amide bonds. The van der Waals surface area contributed by atoms with E-state index in [1.54, 1.807) is 25.3 Å². The van der Waals surface area contributed by atoms with E-state index in [0.717, 1.165) is 27.9 Å². The van der Waals surface area contributed by atoms with E-state index >= 15 is 0 Å². The van der Waals surface area contributed by atoms with Gasteiger partial charge < -0.3 is 37.6 Å². The molecule has 3 heterocycles. The molecule has 1 N–H and O–H groups in total. The van der Waals surface area contributed by atoms with Crippen molar-refractivity contribution in [1.29, 1.82) is 0 Å². The van der Waals surface area contributed by atoms with Gasteiger partial charge in [0.15, 0.2) is 23.8 Å². The van der Waals surface area contributed by atoms with Crippen LogP contribution in [0.2, 0.25) is 0 Å². The summed E-state index contributed by atoms with van der Waals surface area (Å²) in [6.45, 7) is 8.00. The number of nitrogens with zero attached hydrogens (tertiary/aromatic N) is 7. The summed E-state index contributed by atoms with van der Waals surface area (Å²) in [5.41, 5.74) is 1.91. The van der Waals surface area contributed by atoms with Gasteiger partial charge in [-0.2, -0.15) is 11.8 Å². The quantitative estimate of drug-likeness (QED) is 0.0485. The monoisotopic (exact) mass is 795 g/mol. The molecule has 0 aliphatic carbocycles. The lowest BCUT2D eigenvalue weighted by Gasteiger charge is -2.17. The highest BCUT2D eigenvalue weighted by Gasteiger charge is 2.33. The van der Waals surface area contributed by atoms with Gasteiger partial charge in [-0.25, -0.2) is 19.4 Å². The van der Waals surface area contributed by atoms with Crippen molar-refractivity contribution in [1.82, 2.24) is 29.8 Å². The van der Waals surface area contributed by atoms with E-state index in [9.17, 15) is 29.6 Å². The van der Waals surface area contributed by atoms with Crippen molar-refractivity contribution in [3.05, 3.63) is 104 Å². The lowest BCUT2D eigenvalue weighted by Crippen LogP contribution is -2.23. The van der Waals surface area contributed by atoms with Crippen molar-refractivity contribution in [3.63, 3.8) is 0 Å². The van der Waals surface area contributed by atoms with Gasteiger partial charge in [0.1, 0.15) is 30.3 Å². The molecule has 5 rings (SSSR count). The summed E-state index contributed by atoms with van der Waals surface area (Å²) < 4.78 is 27.5. The summed E-state index contributed by atoms with van der Waals surface area (Å²) in [6.07, 6.45) is -0.616. The Kier molecular flexibility index (Phi) is 13.6. The third-order valence-electron chi connectivity index (χ3n) is 8.13. The standard InChI is InChI=1S/C36H41N7O12S/c1-6-9-29-37-31(36(4,5)47)30(33(44)51-21-28-22(2)53-35(46)55-28)41(29)20-24-12-14-25(15-13-24)26-10-7-8-11-27(26)32-38-40-42(39-32)23(3)54-34(45)50-16-18-56-19-17-52-43(48)49/h7-8,10-15,23,47H,6,9,16-21H2,1-5H3. The van der Waals surface area contributed by atoms with E-state index in [2.05, 4.69) is 25.2 Å². The summed E-state index contributed by atoms with van der Waals surface area (Å²) in [4.78, 5) is 57.6. The van der Waals surface area contributed by atoms with Gasteiger partial charge in [-0.05, 0) is 56.0 Å². The fourth-order valence-corrected chi connectivity index (χ4v) is 6.09. The van der Waals surface area contributed by atoms with Gasteiger partial charge >= 0.3 is 17.9 Å². The average Bonchev–Trinajstić information content (AvgIpc) is 3.87. The minimum Gasteiger partial charge on any atom is -0.453 e. The lowest BCUT2D eigenvalue weighted by molar-refractivity contribution is -0.756. The van der Waals surface area contributed by atoms with E-state index in [1.807, 2.05) is 55.5 Å². The third kappa shape index (κ3) is 10.6. The van der Waals surface area contributed by atoms with Crippen LogP contribution in [-0.2, 0) is 44.2 Å². The van der Waals surface area contributed by atoms with Crippen molar-refractivity contribution < 1.29 is 47.7 Å². The molecule has 0 radical (unpaired) electrons. The van der Waals surface area contributed by atoms with Crippen LogP contribution in [0, 0.1) is 17.0 Å². The lowest BCUT2D eigenvalue weighted by atomic mass is 9.98. The maximum Gasteiger partial charge on any atom is 0.519 e. The summed E-state index contributed by atoms with van der Waals surface area (Å²) in [7, 11) is 0. The number of hydrogen-bond donors (Lipinski definition) is 1. The average molecular weight is 796 g/mol. The SMILES string of the molecule is CCCc1nc(C(C)(C)O)c(C(=O)OCc2oc(=O)oc2C)n1Cc1ccc(-c2ccccc2-c2nnn(C(C)OC(=O)OCCSCCO[N+](=O)[O-])n2)cc1. The van der Waals surface area contributed by atoms with Gasteiger partial charge in [-0.3, -0.25) is 0 Å². The number of carbonyl (C=O) groups is 2. The molecule has 0 saturated heterocycles. The molecule has 20 heteroatoms. The Morgan fingerprint density at radius 2 is 1.77 bits per heavy atom. The first kappa shape index (κ1) is 41.1. The van der Waals surface area contributed by atoms with Gasteiger partial charge in [0, 0.05) is 30.0 Å². The molecule has 0 aliphatic heterocycles. The van der Waals surface area contributed by atoms with E-state index < -0.39 is 34.9 Å². The summed E-state index contributed by atoms with van der Waals surface area (Å²) >= 11 is 1.32. The number of benzene rings is 2. The molecule has 0 fully saturated rings.